The van der Waals surface area contributed by atoms with E-state index in [0.29, 0.717) is 37.1 Å². The van der Waals surface area contributed by atoms with Crippen LogP contribution < -0.4 is 15.1 Å². The summed E-state index contributed by atoms with van der Waals surface area (Å²) < 4.78 is 15.9. The summed E-state index contributed by atoms with van der Waals surface area (Å²) in [5.41, 5.74) is 0.943. The number of alkyl halides is 1. The second-order valence-electron chi connectivity index (χ2n) is 9.02. The maximum absolute atomic E-state index is 13.9. The van der Waals surface area contributed by atoms with E-state index in [1.165, 1.54) is 0 Å². The normalized spacial score (nSPS) is 23.6. The zero-order chi connectivity index (χ0) is 23.1. The van der Waals surface area contributed by atoms with Gasteiger partial charge in [0.25, 0.3) is 0 Å². The summed E-state index contributed by atoms with van der Waals surface area (Å²) in [6, 6.07) is 3.82. The van der Waals surface area contributed by atoms with Gasteiger partial charge in [-0.15, -0.1) is 0 Å². The first kappa shape index (κ1) is 21.8. The molecular formula is C22H29FN8O2. The Labute approximate surface area is 191 Å². The maximum atomic E-state index is 13.9. The molecule has 2 fully saturated rings. The van der Waals surface area contributed by atoms with Crippen LogP contribution in [0.2, 0.25) is 0 Å². The van der Waals surface area contributed by atoms with E-state index in [2.05, 4.69) is 39.0 Å². The van der Waals surface area contributed by atoms with E-state index >= 15 is 0 Å². The molecule has 2 unspecified atom stereocenters. The van der Waals surface area contributed by atoms with Crippen molar-refractivity contribution in [1.29, 1.82) is 0 Å². The molecule has 0 bridgehead atoms. The van der Waals surface area contributed by atoms with E-state index in [4.69, 9.17) is 5.10 Å². The highest BCUT2D eigenvalue weighted by Crippen LogP contribution is 2.32. The van der Waals surface area contributed by atoms with Gasteiger partial charge in [0.05, 0.1) is 29.7 Å². The van der Waals surface area contributed by atoms with E-state index in [1.54, 1.807) is 23.4 Å². The summed E-state index contributed by atoms with van der Waals surface area (Å²) in [5, 5.41) is 28.6. The third-order valence-corrected chi connectivity index (χ3v) is 6.21. The predicted octanol–water partition coefficient (Wildman–Crippen LogP) is 2.03. The van der Waals surface area contributed by atoms with Crippen molar-refractivity contribution in [2.75, 3.05) is 41.3 Å². The summed E-state index contributed by atoms with van der Waals surface area (Å²) in [7, 11) is 0. The van der Waals surface area contributed by atoms with Gasteiger partial charge in [0, 0.05) is 44.1 Å². The fraction of sp³-hybridized carbons (Fsp3) is 0.545. The van der Waals surface area contributed by atoms with Gasteiger partial charge in [0.15, 0.2) is 5.82 Å². The van der Waals surface area contributed by atoms with Crippen molar-refractivity contribution in [2.24, 2.45) is 0 Å². The van der Waals surface area contributed by atoms with Gasteiger partial charge in [-0.05, 0) is 32.8 Å². The van der Waals surface area contributed by atoms with Gasteiger partial charge in [-0.2, -0.15) is 10.1 Å². The minimum Gasteiger partial charge on any atom is -0.391 e. The standard InChI is InChI=1S/C22H29FN8O2/c1-13(2)31-17-9-20(25-10-15(17)21(28-31)29-7-4-14(32)11-29)26-19-3-6-24-22(27-19)30-8-5-18(33)16(23)12-30/h3,6,9-10,13-14,16,18,32-33H,4-5,7-8,11-12H2,1-2H3,(H,24,25,26,27)/t14-,16?,18?/m1/s1. The number of aliphatic hydroxyl groups excluding tert-OH is 2. The Balaban J connectivity index is 1.41. The van der Waals surface area contributed by atoms with Crippen molar-refractivity contribution in [3.05, 3.63) is 24.5 Å². The molecule has 3 atom stereocenters. The third kappa shape index (κ3) is 4.30. The van der Waals surface area contributed by atoms with Crippen LogP contribution in [0.1, 0.15) is 32.7 Å². The van der Waals surface area contributed by atoms with Crippen LogP contribution in [-0.4, -0.2) is 79.5 Å². The minimum atomic E-state index is -1.31. The molecule has 3 aromatic rings. The lowest BCUT2D eigenvalue weighted by atomic mass is 10.1. The number of hydrogen-bond acceptors (Lipinski definition) is 9. The van der Waals surface area contributed by atoms with E-state index in [-0.39, 0.29) is 18.7 Å². The van der Waals surface area contributed by atoms with E-state index in [9.17, 15) is 14.6 Å². The quantitative estimate of drug-likeness (QED) is 0.530. The van der Waals surface area contributed by atoms with Crippen molar-refractivity contribution in [3.8, 4) is 0 Å². The van der Waals surface area contributed by atoms with Gasteiger partial charge in [-0.3, -0.25) is 4.68 Å². The first-order chi connectivity index (χ1) is 15.9. The van der Waals surface area contributed by atoms with Crippen LogP contribution in [0.3, 0.4) is 0 Å². The van der Waals surface area contributed by atoms with Crippen LogP contribution in [0.5, 0.6) is 0 Å². The Morgan fingerprint density at radius 2 is 1.91 bits per heavy atom. The zero-order valence-corrected chi connectivity index (χ0v) is 18.8. The van der Waals surface area contributed by atoms with Gasteiger partial charge in [0.2, 0.25) is 5.95 Å². The summed E-state index contributed by atoms with van der Waals surface area (Å²) in [6.07, 6.45) is 1.92. The molecule has 3 N–H and O–H groups in total. The zero-order valence-electron chi connectivity index (χ0n) is 18.8. The number of rotatable bonds is 5. The fourth-order valence-electron chi connectivity index (χ4n) is 4.42. The van der Waals surface area contributed by atoms with Crippen LogP contribution in [-0.2, 0) is 0 Å². The molecule has 0 saturated carbocycles. The average molecular weight is 457 g/mol. The van der Waals surface area contributed by atoms with Crippen LogP contribution in [0.15, 0.2) is 24.5 Å². The molecule has 0 spiro atoms. The highest BCUT2D eigenvalue weighted by atomic mass is 19.1. The van der Waals surface area contributed by atoms with Crippen molar-refractivity contribution in [1.82, 2.24) is 24.7 Å². The Kier molecular flexibility index (Phi) is 5.75. The van der Waals surface area contributed by atoms with Crippen LogP contribution in [0, 0.1) is 0 Å². The van der Waals surface area contributed by atoms with Crippen molar-refractivity contribution in [2.45, 2.75) is 51.1 Å². The molecule has 2 aliphatic rings. The van der Waals surface area contributed by atoms with Gasteiger partial charge in [0.1, 0.15) is 17.8 Å². The number of hydrogen-bond donors (Lipinski definition) is 3. The summed E-state index contributed by atoms with van der Waals surface area (Å²) >= 11 is 0. The van der Waals surface area contributed by atoms with Crippen LogP contribution >= 0.6 is 0 Å². The number of pyridine rings is 1. The summed E-state index contributed by atoms with van der Waals surface area (Å²) in [6.45, 7) is 6.05. The molecule has 0 amide bonds. The molecule has 2 aliphatic heterocycles. The largest absolute Gasteiger partial charge is 0.391 e. The molecule has 0 radical (unpaired) electrons. The van der Waals surface area contributed by atoms with E-state index in [1.807, 2.05) is 10.7 Å². The lowest BCUT2D eigenvalue weighted by Gasteiger charge is -2.32. The Morgan fingerprint density at radius 3 is 2.64 bits per heavy atom. The third-order valence-electron chi connectivity index (χ3n) is 6.21. The second-order valence-corrected chi connectivity index (χ2v) is 9.02. The van der Waals surface area contributed by atoms with E-state index in [0.717, 1.165) is 29.7 Å². The lowest BCUT2D eigenvalue weighted by Crippen LogP contribution is -2.45. The summed E-state index contributed by atoms with van der Waals surface area (Å²) in [5.74, 6) is 2.41. The van der Waals surface area contributed by atoms with Gasteiger partial charge in [-0.1, -0.05) is 0 Å². The second kappa shape index (κ2) is 8.71. The van der Waals surface area contributed by atoms with Crippen molar-refractivity contribution < 1.29 is 14.6 Å². The molecule has 3 aromatic heterocycles. The van der Waals surface area contributed by atoms with Crippen molar-refractivity contribution >= 4 is 34.3 Å². The number of aromatic nitrogens is 5. The number of halogens is 1. The molecule has 33 heavy (non-hydrogen) atoms. The monoisotopic (exact) mass is 456 g/mol. The van der Waals surface area contributed by atoms with Crippen LogP contribution in [0.4, 0.5) is 27.8 Å². The Hall–Kier alpha value is -3.05. The SMILES string of the molecule is CC(C)n1nc(N2CC[C@@H](O)C2)c2cnc(Nc3ccnc(N4CCC(O)C(F)C4)n3)cc21. The molecule has 0 aliphatic carbocycles. The molecule has 11 heteroatoms. The Bertz CT molecular complexity index is 1140. The fourth-order valence-corrected chi connectivity index (χ4v) is 4.42. The molecule has 5 heterocycles. The van der Waals surface area contributed by atoms with Gasteiger partial charge >= 0.3 is 0 Å². The molecule has 0 aromatic carbocycles. The smallest absolute Gasteiger partial charge is 0.227 e. The molecular weight excluding hydrogens is 427 g/mol. The van der Waals surface area contributed by atoms with Crippen molar-refractivity contribution in [3.63, 3.8) is 0 Å². The van der Waals surface area contributed by atoms with Gasteiger partial charge < -0.3 is 25.3 Å². The molecule has 2 saturated heterocycles. The number of piperidine rings is 1. The Morgan fingerprint density at radius 1 is 1.09 bits per heavy atom. The predicted molar refractivity (Wildman–Crippen MR) is 124 cm³/mol. The maximum Gasteiger partial charge on any atom is 0.227 e. The lowest BCUT2D eigenvalue weighted by molar-refractivity contribution is 0.0612. The highest BCUT2D eigenvalue weighted by Gasteiger charge is 2.29. The molecule has 10 nitrogen and oxygen atoms in total. The highest BCUT2D eigenvalue weighted by molar-refractivity contribution is 5.92. The minimum absolute atomic E-state index is 0.0658. The molecule has 176 valence electrons. The van der Waals surface area contributed by atoms with Crippen LogP contribution in [0.25, 0.3) is 10.9 Å². The average Bonchev–Trinajstić information content (AvgIpc) is 3.39. The summed E-state index contributed by atoms with van der Waals surface area (Å²) in [4.78, 5) is 17.2. The molecule has 5 rings (SSSR count). The first-order valence-electron chi connectivity index (χ1n) is 11.4. The topological polar surface area (TPSA) is 115 Å². The number of nitrogens with one attached hydrogen (secondary N) is 1. The number of aliphatic hydroxyl groups is 2. The van der Waals surface area contributed by atoms with Gasteiger partial charge in [-0.25, -0.2) is 14.4 Å². The van der Waals surface area contributed by atoms with E-state index < -0.39 is 12.3 Å². The number of β-amino-alcohol motifs (C(OH)–C–C–N with tert-alkyl or cyclic N) is 1. The number of anilines is 4. The first-order valence-corrected chi connectivity index (χ1v) is 11.4. The number of nitrogens with zero attached hydrogens (tertiary/aromatic N) is 7. The number of fused-ring (bicyclic) bond motifs is 1.